The molecule has 0 saturated carbocycles. The summed E-state index contributed by atoms with van der Waals surface area (Å²) < 4.78 is 0. The quantitative estimate of drug-likeness (QED) is 0.598. The summed E-state index contributed by atoms with van der Waals surface area (Å²) in [5, 5.41) is 8.92. The van der Waals surface area contributed by atoms with Crippen LogP contribution >= 0.6 is 0 Å². The average molecular weight is 221 g/mol. The summed E-state index contributed by atoms with van der Waals surface area (Å²) in [5.74, 6) is 0.0437. The van der Waals surface area contributed by atoms with E-state index in [0.29, 0.717) is 13.1 Å². The summed E-state index contributed by atoms with van der Waals surface area (Å²) in [7, 11) is 1.76. The van der Waals surface area contributed by atoms with Crippen LogP contribution in [0.3, 0.4) is 0 Å². The van der Waals surface area contributed by atoms with E-state index < -0.39 is 0 Å². The minimum absolute atomic E-state index is 0.0437. The summed E-state index contributed by atoms with van der Waals surface area (Å²) >= 11 is 0. The highest BCUT2D eigenvalue weighted by atomic mass is 16.1. The normalized spacial score (nSPS) is 9.81. The summed E-state index contributed by atoms with van der Waals surface area (Å²) in [5.41, 5.74) is 1.11. The number of carbonyl (C=O) groups excluding carboxylic acids is 1. The van der Waals surface area contributed by atoms with Crippen LogP contribution in [0.4, 0.5) is 5.69 Å². The highest BCUT2D eigenvalue weighted by Gasteiger charge is 1.96. The molecule has 0 aliphatic rings. The van der Waals surface area contributed by atoms with E-state index >= 15 is 0 Å². The Labute approximate surface area is 96.4 Å². The van der Waals surface area contributed by atoms with Crippen LogP contribution in [0.2, 0.25) is 0 Å². The fourth-order valence-electron chi connectivity index (χ4n) is 1.33. The smallest absolute Gasteiger partial charge is 0.233 e. The van der Waals surface area contributed by atoms with Crippen molar-refractivity contribution >= 4 is 11.6 Å². The molecule has 0 atom stereocenters. The number of hydrogen-bond acceptors (Lipinski definition) is 3. The maximum absolute atomic E-state index is 11.1. The number of likely N-dealkylation sites (N-methyl/N-ethyl adjacent to an activating group) is 1. The highest BCUT2D eigenvalue weighted by Crippen LogP contribution is 2.03. The Hall–Kier alpha value is -1.55. The van der Waals surface area contributed by atoms with Crippen molar-refractivity contribution in [2.45, 2.75) is 6.42 Å². The van der Waals surface area contributed by atoms with Crippen molar-refractivity contribution in [3.63, 3.8) is 0 Å². The number of benzene rings is 1. The van der Waals surface area contributed by atoms with E-state index in [-0.39, 0.29) is 5.91 Å². The van der Waals surface area contributed by atoms with Crippen molar-refractivity contribution in [3.8, 4) is 0 Å². The topological polar surface area (TPSA) is 53.2 Å². The van der Waals surface area contributed by atoms with Crippen molar-refractivity contribution in [3.05, 3.63) is 30.3 Å². The lowest BCUT2D eigenvalue weighted by Crippen LogP contribution is -2.33. The molecule has 1 rings (SSSR count). The molecule has 0 radical (unpaired) electrons. The predicted molar refractivity (Wildman–Crippen MR) is 66.5 cm³/mol. The molecule has 1 aromatic rings. The molecule has 0 aliphatic heterocycles. The molecule has 88 valence electrons. The lowest BCUT2D eigenvalue weighted by molar-refractivity contribution is -0.120. The molecule has 0 bridgehead atoms. The Bertz CT molecular complexity index is 300. The second-order valence-electron chi connectivity index (χ2n) is 3.53. The van der Waals surface area contributed by atoms with Gasteiger partial charge in [0.05, 0.1) is 6.54 Å². The third-order valence-corrected chi connectivity index (χ3v) is 2.12. The molecule has 0 saturated heterocycles. The maximum atomic E-state index is 11.1. The number of hydrogen-bond donors (Lipinski definition) is 3. The first kappa shape index (κ1) is 12.5. The second kappa shape index (κ2) is 7.70. The van der Waals surface area contributed by atoms with E-state index in [2.05, 4.69) is 16.0 Å². The second-order valence-corrected chi connectivity index (χ2v) is 3.53. The number of carbonyl (C=O) groups is 1. The predicted octanol–water partition coefficient (Wildman–Crippen LogP) is 0.824. The zero-order valence-corrected chi connectivity index (χ0v) is 9.62. The number of para-hydroxylation sites is 1. The third-order valence-electron chi connectivity index (χ3n) is 2.12. The highest BCUT2D eigenvalue weighted by molar-refractivity contribution is 5.77. The van der Waals surface area contributed by atoms with E-state index in [1.807, 2.05) is 30.3 Å². The monoisotopic (exact) mass is 221 g/mol. The summed E-state index contributed by atoms with van der Waals surface area (Å²) in [4.78, 5) is 11.1. The third kappa shape index (κ3) is 5.36. The molecule has 0 fully saturated rings. The van der Waals surface area contributed by atoms with Crippen LogP contribution in [0.25, 0.3) is 0 Å². The molecule has 0 aromatic heterocycles. The van der Waals surface area contributed by atoms with Crippen molar-refractivity contribution in [1.29, 1.82) is 0 Å². The van der Waals surface area contributed by atoms with Crippen LogP contribution < -0.4 is 16.0 Å². The molecule has 4 nitrogen and oxygen atoms in total. The Kier molecular flexibility index (Phi) is 6.03. The van der Waals surface area contributed by atoms with E-state index in [4.69, 9.17) is 0 Å². The van der Waals surface area contributed by atoms with E-state index in [1.165, 1.54) is 0 Å². The fourth-order valence-corrected chi connectivity index (χ4v) is 1.33. The molecule has 1 amide bonds. The zero-order valence-electron chi connectivity index (χ0n) is 9.62. The molecule has 1 aromatic carbocycles. The zero-order chi connectivity index (χ0) is 11.6. The molecule has 16 heavy (non-hydrogen) atoms. The van der Waals surface area contributed by atoms with Crippen LogP contribution in [-0.2, 0) is 4.79 Å². The first-order valence-electron chi connectivity index (χ1n) is 5.53. The average Bonchev–Trinajstić information content (AvgIpc) is 2.30. The Balaban J connectivity index is 2.02. The van der Waals surface area contributed by atoms with Crippen LogP contribution in [0.5, 0.6) is 0 Å². The first-order valence-corrected chi connectivity index (χ1v) is 5.53. The fraction of sp³-hybridized carbons (Fsp3) is 0.417. The maximum Gasteiger partial charge on any atom is 0.233 e. The summed E-state index contributed by atoms with van der Waals surface area (Å²) in [6.07, 6.45) is 0.921. The largest absolute Gasteiger partial charge is 0.385 e. The van der Waals surface area contributed by atoms with Gasteiger partial charge in [0.15, 0.2) is 0 Å². The lowest BCUT2D eigenvalue weighted by atomic mass is 10.3. The lowest BCUT2D eigenvalue weighted by Gasteiger charge is -2.07. The van der Waals surface area contributed by atoms with E-state index in [0.717, 1.165) is 18.7 Å². The molecule has 0 spiro atoms. The van der Waals surface area contributed by atoms with Crippen molar-refractivity contribution in [2.75, 3.05) is 32.0 Å². The SMILES string of the molecule is CNCC(=O)NCCCNc1ccccc1. The van der Waals surface area contributed by atoms with Gasteiger partial charge in [0.2, 0.25) is 5.91 Å². The van der Waals surface area contributed by atoms with E-state index in [1.54, 1.807) is 7.05 Å². The van der Waals surface area contributed by atoms with Crippen LogP contribution in [-0.4, -0.2) is 32.6 Å². The standard InChI is InChI=1S/C12H19N3O/c1-13-10-12(16)15-9-5-8-14-11-6-3-2-4-7-11/h2-4,6-7,13-14H,5,8-10H2,1H3,(H,15,16). The van der Waals surface area contributed by atoms with Crippen LogP contribution in [0, 0.1) is 0 Å². The molecule has 3 N–H and O–H groups in total. The van der Waals surface area contributed by atoms with Gasteiger partial charge in [0.25, 0.3) is 0 Å². The summed E-state index contributed by atoms with van der Waals surface area (Å²) in [6.45, 7) is 1.95. The van der Waals surface area contributed by atoms with Gasteiger partial charge in [0, 0.05) is 18.8 Å². The molecule has 0 unspecified atom stereocenters. The molecule has 4 heteroatoms. The van der Waals surface area contributed by atoms with Crippen molar-refractivity contribution in [2.24, 2.45) is 0 Å². The van der Waals surface area contributed by atoms with Gasteiger partial charge in [0.1, 0.15) is 0 Å². The van der Waals surface area contributed by atoms with Gasteiger partial charge >= 0.3 is 0 Å². The minimum atomic E-state index is 0.0437. The van der Waals surface area contributed by atoms with Gasteiger partial charge < -0.3 is 16.0 Å². The van der Waals surface area contributed by atoms with E-state index in [9.17, 15) is 4.79 Å². The molecule has 0 heterocycles. The minimum Gasteiger partial charge on any atom is -0.385 e. The number of nitrogens with one attached hydrogen (secondary N) is 3. The number of amides is 1. The number of rotatable bonds is 7. The van der Waals surface area contributed by atoms with Crippen LogP contribution in [0.15, 0.2) is 30.3 Å². The van der Waals surface area contributed by atoms with Gasteiger partial charge in [-0.05, 0) is 25.6 Å². The Morgan fingerprint density at radius 1 is 1.19 bits per heavy atom. The van der Waals surface area contributed by atoms with Crippen LogP contribution in [0.1, 0.15) is 6.42 Å². The van der Waals surface area contributed by atoms with Gasteiger partial charge in [-0.1, -0.05) is 18.2 Å². The Morgan fingerprint density at radius 3 is 2.62 bits per heavy atom. The van der Waals surface area contributed by atoms with Gasteiger partial charge in [-0.3, -0.25) is 4.79 Å². The van der Waals surface area contributed by atoms with Gasteiger partial charge in [-0.2, -0.15) is 0 Å². The van der Waals surface area contributed by atoms with Gasteiger partial charge in [-0.15, -0.1) is 0 Å². The molecule has 0 aliphatic carbocycles. The summed E-state index contributed by atoms with van der Waals surface area (Å²) in [6, 6.07) is 10.0. The van der Waals surface area contributed by atoms with Gasteiger partial charge in [-0.25, -0.2) is 0 Å². The van der Waals surface area contributed by atoms with Crippen molar-refractivity contribution < 1.29 is 4.79 Å². The number of anilines is 1. The molecular weight excluding hydrogens is 202 g/mol. The Morgan fingerprint density at radius 2 is 1.94 bits per heavy atom. The van der Waals surface area contributed by atoms with Crippen molar-refractivity contribution in [1.82, 2.24) is 10.6 Å². The first-order chi connectivity index (χ1) is 7.83. The molecular formula is C12H19N3O.